The Labute approximate surface area is 96.4 Å². The molecule has 0 radical (unpaired) electrons. The second kappa shape index (κ2) is 4.63. The lowest BCUT2D eigenvalue weighted by molar-refractivity contribution is 0.277. The number of hydrogen-bond acceptors (Lipinski definition) is 3. The van der Waals surface area contributed by atoms with E-state index in [0.717, 1.165) is 0 Å². The topological polar surface area (TPSA) is 46.3 Å². The molecule has 16 heavy (non-hydrogen) atoms. The molecule has 1 aromatic heterocycles. The molecule has 0 bridgehead atoms. The zero-order valence-electron chi connectivity index (χ0n) is 8.28. The summed E-state index contributed by atoms with van der Waals surface area (Å²) in [5.41, 5.74) is 1.06. The molecule has 3 nitrogen and oxygen atoms in total. The summed E-state index contributed by atoms with van der Waals surface area (Å²) in [4.78, 5) is 0. The third-order valence-corrected chi connectivity index (χ3v) is 2.29. The van der Waals surface area contributed by atoms with Gasteiger partial charge in [0.2, 0.25) is 0 Å². The number of nitrogens with zero attached hydrogens (tertiary/aromatic N) is 1. The maximum absolute atomic E-state index is 13.1. The van der Waals surface area contributed by atoms with Crippen molar-refractivity contribution in [2.45, 2.75) is 6.42 Å². The Bertz CT molecular complexity index is 478. The smallest absolute Gasteiger partial charge is 0.139 e. The average Bonchev–Trinajstić information content (AvgIpc) is 2.65. The summed E-state index contributed by atoms with van der Waals surface area (Å²) in [7, 11) is 0. The van der Waals surface area contributed by atoms with Crippen LogP contribution >= 0.6 is 11.6 Å². The average molecular weight is 242 g/mol. The molecule has 0 unspecified atom stereocenters. The summed E-state index contributed by atoms with van der Waals surface area (Å²) in [6.07, 6.45) is 0.385. The highest BCUT2D eigenvalue weighted by molar-refractivity contribution is 6.30. The van der Waals surface area contributed by atoms with Crippen LogP contribution < -0.4 is 0 Å². The molecule has 0 saturated carbocycles. The van der Waals surface area contributed by atoms with Crippen molar-refractivity contribution in [1.29, 1.82) is 0 Å². The van der Waals surface area contributed by atoms with E-state index < -0.39 is 5.82 Å². The molecule has 0 fully saturated rings. The van der Waals surface area contributed by atoms with E-state index in [2.05, 4.69) is 5.16 Å². The van der Waals surface area contributed by atoms with Gasteiger partial charge in [-0.05, 0) is 18.2 Å². The van der Waals surface area contributed by atoms with Crippen LogP contribution in [0.4, 0.5) is 4.39 Å². The fourth-order valence-electron chi connectivity index (χ4n) is 1.38. The van der Waals surface area contributed by atoms with E-state index in [4.69, 9.17) is 21.2 Å². The molecule has 0 amide bonds. The predicted octanol–water partition coefficient (Wildman–Crippen LogP) is 2.67. The van der Waals surface area contributed by atoms with E-state index in [9.17, 15) is 4.39 Å². The molecule has 1 N–H and O–H groups in total. The minimum atomic E-state index is -0.422. The molecule has 5 heteroatoms. The second-order valence-corrected chi connectivity index (χ2v) is 3.75. The summed E-state index contributed by atoms with van der Waals surface area (Å²) in [5, 5.41) is 12.8. The number of rotatable bonds is 3. The zero-order valence-corrected chi connectivity index (χ0v) is 9.04. The van der Waals surface area contributed by atoms with Gasteiger partial charge in [0.1, 0.15) is 17.3 Å². The van der Waals surface area contributed by atoms with Crippen LogP contribution in [0.2, 0.25) is 5.02 Å². The fourth-order valence-corrected chi connectivity index (χ4v) is 1.60. The minimum absolute atomic E-state index is 0.0153. The van der Waals surface area contributed by atoms with E-state index in [0.29, 0.717) is 28.5 Å². The van der Waals surface area contributed by atoms with Crippen LogP contribution in [-0.2, 0) is 6.42 Å². The normalized spacial score (nSPS) is 10.7. The molecule has 2 aromatic rings. The Morgan fingerprint density at radius 3 is 2.81 bits per heavy atom. The van der Waals surface area contributed by atoms with E-state index >= 15 is 0 Å². The highest BCUT2D eigenvalue weighted by Crippen LogP contribution is 2.24. The van der Waals surface area contributed by atoms with Crippen LogP contribution in [0.1, 0.15) is 5.76 Å². The van der Waals surface area contributed by atoms with Crippen molar-refractivity contribution in [3.05, 3.63) is 40.9 Å². The van der Waals surface area contributed by atoms with Gasteiger partial charge in [-0.3, -0.25) is 0 Å². The van der Waals surface area contributed by atoms with Crippen LogP contribution in [0.5, 0.6) is 0 Å². The van der Waals surface area contributed by atoms with E-state index in [-0.39, 0.29) is 6.61 Å². The van der Waals surface area contributed by atoms with Crippen molar-refractivity contribution >= 4 is 11.6 Å². The molecule has 0 aliphatic carbocycles. The first-order valence-corrected chi connectivity index (χ1v) is 5.10. The molecule has 0 aliphatic heterocycles. The van der Waals surface area contributed by atoms with Crippen LogP contribution in [0.25, 0.3) is 11.3 Å². The van der Waals surface area contributed by atoms with Gasteiger partial charge in [-0.1, -0.05) is 16.8 Å². The summed E-state index contributed by atoms with van der Waals surface area (Å²) in [6, 6.07) is 5.80. The highest BCUT2D eigenvalue weighted by atomic mass is 35.5. The standard InChI is InChI=1S/C11H9ClFNO2/c12-8-3-7(4-9(13)5-8)11-6-10(1-2-15)16-14-11/h3-6,15H,1-2H2. The molecule has 0 saturated heterocycles. The number of aliphatic hydroxyl groups excluding tert-OH is 1. The largest absolute Gasteiger partial charge is 0.396 e. The van der Waals surface area contributed by atoms with Crippen molar-refractivity contribution < 1.29 is 14.0 Å². The zero-order chi connectivity index (χ0) is 11.5. The third-order valence-electron chi connectivity index (χ3n) is 2.08. The summed E-state index contributed by atoms with van der Waals surface area (Å²) in [5.74, 6) is 0.132. The van der Waals surface area contributed by atoms with Crippen molar-refractivity contribution in [3.63, 3.8) is 0 Å². The van der Waals surface area contributed by atoms with Crippen LogP contribution in [-0.4, -0.2) is 16.9 Å². The van der Waals surface area contributed by atoms with Crippen molar-refractivity contribution in [2.75, 3.05) is 6.61 Å². The van der Waals surface area contributed by atoms with Crippen molar-refractivity contribution in [1.82, 2.24) is 5.16 Å². The Kier molecular flexibility index (Phi) is 3.22. The summed E-state index contributed by atoms with van der Waals surface area (Å²) < 4.78 is 18.0. The van der Waals surface area contributed by atoms with Crippen LogP contribution in [0.15, 0.2) is 28.8 Å². The molecule has 0 aliphatic rings. The molecule has 1 aromatic carbocycles. The SMILES string of the molecule is OCCc1cc(-c2cc(F)cc(Cl)c2)no1. The molecule has 0 spiro atoms. The highest BCUT2D eigenvalue weighted by Gasteiger charge is 2.08. The Hall–Kier alpha value is -1.39. The minimum Gasteiger partial charge on any atom is -0.396 e. The number of aromatic nitrogens is 1. The molecule has 0 atom stereocenters. The van der Waals surface area contributed by atoms with Gasteiger partial charge in [-0.2, -0.15) is 0 Å². The molecular formula is C11H9ClFNO2. The molecule has 2 rings (SSSR count). The lowest BCUT2D eigenvalue weighted by Crippen LogP contribution is -1.86. The maximum Gasteiger partial charge on any atom is 0.139 e. The predicted molar refractivity (Wildman–Crippen MR) is 57.7 cm³/mol. The molecular weight excluding hydrogens is 233 g/mol. The van der Waals surface area contributed by atoms with Crippen LogP contribution in [0.3, 0.4) is 0 Å². The fraction of sp³-hybridized carbons (Fsp3) is 0.182. The first-order valence-electron chi connectivity index (χ1n) is 4.72. The Morgan fingerprint density at radius 1 is 1.31 bits per heavy atom. The van der Waals surface area contributed by atoms with Gasteiger partial charge in [0.05, 0.1) is 6.61 Å². The number of hydrogen-bond donors (Lipinski definition) is 1. The first-order chi connectivity index (χ1) is 7.69. The number of aliphatic hydroxyl groups is 1. The van der Waals surface area contributed by atoms with E-state index in [1.165, 1.54) is 12.1 Å². The van der Waals surface area contributed by atoms with Gasteiger partial charge in [-0.25, -0.2) is 4.39 Å². The van der Waals surface area contributed by atoms with Gasteiger partial charge in [0.25, 0.3) is 0 Å². The molecule has 1 heterocycles. The van der Waals surface area contributed by atoms with Gasteiger partial charge in [0, 0.05) is 23.1 Å². The summed E-state index contributed by atoms with van der Waals surface area (Å²) >= 11 is 5.73. The first kappa shape index (κ1) is 11.1. The molecule has 84 valence electrons. The second-order valence-electron chi connectivity index (χ2n) is 3.31. The number of halogens is 2. The van der Waals surface area contributed by atoms with Crippen molar-refractivity contribution in [3.8, 4) is 11.3 Å². The van der Waals surface area contributed by atoms with Gasteiger partial charge in [-0.15, -0.1) is 0 Å². The summed E-state index contributed by atoms with van der Waals surface area (Å²) in [6.45, 7) is -0.0153. The quantitative estimate of drug-likeness (QED) is 0.899. The number of benzene rings is 1. The lowest BCUT2D eigenvalue weighted by Gasteiger charge is -1.96. The van der Waals surface area contributed by atoms with Crippen LogP contribution in [0, 0.1) is 5.82 Å². The lowest BCUT2D eigenvalue weighted by atomic mass is 10.1. The van der Waals surface area contributed by atoms with E-state index in [1.807, 2.05) is 0 Å². The Morgan fingerprint density at radius 2 is 2.12 bits per heavy atom. The van der Waals surface area contributed by atoms with E-state index in [1.54, 1.807) is 12.1 Å². The van der Waals surface area contributed by atoms with Gasteiger partial charge < -0.3 is 9.63 Å². The van der Waals surface area contributed by atoms with Gasteiger partial charge in [0.15, 0.2) is 0 Å². The third kappa shape index (κ3) is 2.40. The Balaban J connectivity index is 2.34. The maximum atomic E-state index is 13.1. The van der Waals surface area contributed by atoms with Gasteiger partial charge >= 0.3 is 0 Å². The van der Waals surface area contributed by atoms with Crippen molar-refractivity contribution in [2.24, 2.45) is 0 Å². The monoisotopic (exact) mass is 241 g/mol.